The van der Waals surface area contributed by atoms with Gasteiger partial charge in [0.1, 0.15) is 0 Å². The molecule has 0 saturated carbocycles. The van der Waals surface area contributed by atoms with Gasteiger partial charge in [0.05, 0.1) is 0 Å². The first-order chi connectivity index (χ1) is 6.68. The molecule has 0 bridgehead atoms. The second-order valence-electron chi connectivity index (χ2n) is 3.06. The van der Waals surface area contributed by atoms with E-state index in [1.54, 1.807) is 0 Å². The fourth-order valence-electron chi connectivity index (χ4n) is 1.28. The fraction of sp³-hybridized carbons (Fsp3) is 0.111. The lowest BCUT2D eigenvalue weighted by atomic mass is 10.1. The average Bonchev–Trinajstić information content (AvgIpc) is 2.57. The molecule has 0 aliphatic heterocycles. The third-order valence-corrected chi connectivity index (χ3v) is 2.08. The number of hydrogen-bond donors (Lipinski definition) is 3. The van der Waals surface area contributed by atoms with Gasteiger partial charge in [0.15, 0.2) is 5.82 Å². The average molecular weight is 190 g/mol. The number of benzene rings is 1. The van der Waals surface area contributed by atoms with Crippen molar-refractivity contribution in [3.8, 4) is 11.4 Å². The Hall–Kier alpha value is -2.04. The van der Waals surface area contributed by atoms with Gasteiger partial charge in [-0.3, -0.25) is 4.98 Å². The zero-order valence-corrected chi connectivity index (χ0v) is 7.66. The summed E-state index contributed by atoms with van der Waals surface area (Å²) in [5.74, 6) is 0.469. The number of para-hydroxylation sites is 1. The zero-order valence-electron chi connectivity index (χ0n) is 7.66. The predicted octanol–water partition coefficient (Wildman–Crippen LogP) is 0.656. The lowest BCUT2D eigenvalue weighted by Crippen LogP contribution is -2.01. The zero-order chi connectivity index (χ0) is 10.1. The smallest absolute Gasteiger partial charge is 0.340 e. The molecule has 0 fully saturated rings. The van der Waals surface area contributed by atoms with E-state index in [0.29, 0.717) is 11.5 Å². The van der Waals surface area contributed by atoms with Crippen LogP contribution in [0.15, 0.2) is 23.0 Å². The molecule has 0 unspecified atom stereocenters. The predicted molar refractivity (Wildman–Crippen MR) is 53.8 cm³/mol. The van der Waals surface area contributed by atoms with Gasteiger partial charge in [0.25, 0.3) is 0 Å². The minimum atomic E-state index is -0.332. The normalized spacial score (nSPS) is 10.4. The largest absolute Gasteiger partial charge is 0.398 e. The van der Waals surface area contributed by atoms with Gasteiger partial charge in [0.2, 0.25) is 0 Å². The van der Waals surface area contributed by atoms with E-state index in [1.807, 2.05) is 25.1 Å². The number of nitrogens with two attached hydrogens (primary N) is 1. The number of nitrogens with zero attached hydrogens (tertiary/aromatic N) is 1. The SMILES string of the molecule is Cc1cccc(-c2n[nH]c(=O)[nH]2)c1N. The monoisotopic (exact) mass is 190 g/mol. The topological polar surface area (TPSA) is 87.6 Å². The van der Waals surface area contributed by atoms with E-state index in [0.717, 1.165) is 11.1 Å². The fourth-order valence-corrected chi connectivity index (χ4v) is 1.28. The first-order valence-electron chi connectivity index (χ1n) is 4.18. The minimum Gasteiger partial charge on any atom is -0.398 e. The van der Waals surface area contributed by atoms with E-state index in [2.05, 4.69) is 15.2 Å². The van der Waals surface area contributed by atoms with Gasteiger partial charge in [-0.2, -0.15) is 5.10 Å². The Bertz CT molecular complexity index is 512. The minimum absolute atomic E-state index is 0.332. The number of H-pyrrole nitrogens is 2. The van der Waals surface area contributed by atoms with Crippen molar-refractivity contribution in [3.63, 3.8) is 0 Å². The number of aryl methyl sites for hydroxylation is 1. The van der Waals surface area contributed by atoms with Crippen LogP contribution < -0.4 is 11.4 Å². The van der Waals surface area contributed by atoms with E-state index in [1.165, 1.54) is 0 Å². The molecule has 0 radical (unpaired) electrons. The summed E-state index contributed by atoms with van der Waals surface area (Å²) in [6.07, 6.45) is 0. The Labute approximate surface area is 80.0 Å². The maximum Gasteiger partial charge on any atom is 0.340 e. The Morgan fingerprint density at radius 2 is 2.21 bits per heavy atom. The van der Waals surface area contributed by atoms with E-state index < -0.39 is 0 Å². The molecule has 1 aromatic carbocycles. The van der Waals surface area contributed by atoms with Crippen molar-refractivity contribution in [2.24, 2.45) is 0 Å². The molecule has 2 aromatic rings. The number of anilines is 1. The van der Waals surface area contributed by atoms with Crippen molar-refractivity contribution in [1.82, 2.24) is 15.2 Å². The molecule has 0 spiro atoms. The van der Waals surface area contributed by atoms with Crippen molar-refractivity contribution in [1.29, 1.82) is 0 Å². The number of nitrogens with one attached hydrogen (secondary N) is 2. The van der Waals surface area contributed by atoms with Crippen molar-refractivity contribution in [3.05, 3.63) is 34.2 Å². The molecule has 4 N–H and O–H groups in total. The van der Waals surface area contributed by atoms with Crippen LogP contribution in [-0.2, 0) is 0 Å². The van der Waals surface area contributed by atoms with Gasteiger partial charge in [-0.05, 0) is 18.6 Å². The Balaban J connectivity index is 2.62. The van der Waals surface area contributed by atoms with E-state index >= 15 is 0 Å². The molecular weight excluding hydrogens is 180 g/mol. The van der Waals surface area contributed by atoms with Crippen LogP contribution in [0.2, 0.25) is 0 Å². The van der Waals surface area contributed by atoms with Gasteiger partial charge < -0.3 is 5.73 Å². The lowest BCUT2D eigenvalue weighted by molar-refractivity contribution is 1.05. The van der Waals surface area contributed by atoms with Crippen LogP contribution in [0.5, 0.6) is 0 Å². The number of aromatic nitrogens is 3. The van der Waals surface area contributed by atoms with Gasteiger partial charge in [-0.15, -0.1) is 0 Å². The molecule has 0 aliphatic rings. The van der Waals surface area contributed by atoms with Crippen LogP contribution in [0.25, 0.3) is 11.4 Å². The number of rotatable bonds is 1. The molecule has 0 aliphatic carbocycles. The molecule has 14 heavy (non-hydrogen) atoms. The van der Waals surface area contributed by atoms with Crippen LogP contribution in [0.1, 0.15) is 5.56 Å². The first kappa shape index (κ1) is 8.55. The Morgan fingerprint density at radius 3 is 2.86 bits per heavy atom. The molecule has 0 amide bonds. The van der Waals surface area contributed by atoms with Crippen molar-refractivity contribution >= 4 is 5.69 Å². The van der Waals surface area contributed by atoms with Crippen LogP contribution in [0.3, 0.4) is 0 Å². The summed E-state index contributed by atoms with van der Waals surface area (Å²) in [7, 11) is 0. The molecule has 5 heteroatoms. The second-order valence-corrected chi connectivity index (χ2v) is 3.06. The highest BCUT2D eigenvalue weighted by atomic mass is 16.1. The highest BCUT2D eigenvalue weighted by Gasteiger charge is 2.07. The summed E-state index contributed by atoms with van der Waals surface area (Å²) in [5.41, 5.74) is 7.85. The van der Waals surface area contributed by atoms with Crippen molar-refractivity contribution < 1.29 is 0 Å². The summed E-state index contributed by atoms with van der Waals surface area (Å²) in [6, 6.07) is 5.59. The van der Waals surface area contributed by atoms with Gasteiger partial charge in [0, 0.05) is 11.3 Å². The van der Waals surface area contributed by atoms with Gasteiger partial charge in [-0.25, -0.2) is 9.89 Å². The maximum atomic E-state index is 10.8. The molecular formula is C9H10N4O. The highest BCUT2D eigenvalue weighted by Crippen LogP contribution is 2.23. The number of nitrogen functional groups attached to an aromatic ring is 1. The summed E-state index contributed by atoms with van der Waals surface area (Å²) in [4.78, 5) is 13.4. The van der Waals surface area contributed by atoms with Crippen LogP contribution in [0, 0.1) is 6.92 Å². The van der Waals surface area contributed by atoms with E-state index in [-0.39, 0.29) is 5.69 Å². The number of aromatic amines is 2. The quantitative estimate of drug-likeness (QED) is 0.577. The van der Waals surface area contributed by atoms with Crippen molar-refractivity contribution in [2.45, 2.75) is 6.92 Å². The molecule has 0 saturated heterocycles. The summed E-state index contributed by atoms with van der Waals surface area (Å²) in [6.45, 7) is 1.91. The standard InChI is InChI=1S/C9H10N4O/c1-5-3-2-4-6(7(5)10)8-11-9(14)13-12-8/h2-4H,10H2,1H3,(H2,11,12,13,14). The Kier molecular flexibility index (Phi) is 1.85. The third-order valence-electron chi connectivity index (χ3n) is 2.08. The third kappa shape index (κ3) is 1.28. The highest BCUT2D eigenvalue weighted by molar-refractivity contribution is 5.73. The molecule has 72 valence electrons. The summed E-state index contributed by atoms with van der Waals surface area (Å²) >= 11 is 0. The van der Waals surface area contributed by atoms with Gasteiger partial charge in [-0.1, -0.05) is 12.1 Å². The molecule has 5 nitrogen and oxygen atoms in total. The van der Waals surface area contributed by atoms with Crippen LogP contribution in [0.4, 0.5) is 5.69 Å². The van der Waals surface area contributed by atoms with Crippen LogP contribution >= 0.6 is 0 Å². The lowest BCUT2D eigenvalue weighted by Gasteiger charge is -2.03. The first-order valence-corrected chi connectivity index (χ1v) is 4.18. The maximum absolute atomic E-state index is 10.8. The summed E-state index contributed by atoms with van der Waals surface area (Å²) in [5, 5.41) is 6.11. The molecule has 1 aromatic heterocycles. The van der Waals surface area contributed by atoms with Crippen molar-refractivity contribution in [2.75, 3.05) is 5.73 Å². The van der Waals surface area contributed by atoms with Gasteiger partial charge >= 0.3 is 5.69 Å². The molecule has 0 atom stereocenters. The summed E-state index contributed by atoms with van der Waals surface area (Å²) < 4.78 is 0. The van der Waals surface area contributed by atoms with E-state index in [4.69, 9.17) is 5.73 Å². The number of hydrogen-bond acceptors (Lipinski definition) is 3. The molecule has 1 heterocycles. The Morgan fingerprint density at radius 1 is 1.43 bits per heavy atom. The van der Waals surface area contributed by atoms with E-state index in [9.17, 15) is 4.79 Å². The van der Waals surface area contributed by atoms with Crippen LogP contribution in [-0.4, -0.2) is 15.2 Å². The second kappa shape index (κ2) is 3.02. The molecule has 2 rings (SSSR count).